The van der Waals surface area contributed by atoms with E-state index >= 15 is 0 Å². The van der Waals surface area contributed by atoms with E-state index in [1.807, 2.05) is 0 Å². The van der Waals surface area contributed by atoms with Crippen LogP contribution < -0.4 is 34.7 Å². The molecule has 0 aromatic heterocycles. The summed E-state index contributed by atoms with van der Waals surface area (Å²) < 4.78 is 0. The molecule has 0 unspecified atom stereocenters. The van der Waals surface area contributed by atoms with Gasteiger partial charge in [-0.3, -0.25) is 0 Å². The van der Waals surface area contributed by atoms with Crippen molar-refractivity contribution in [1.29, 1.82) is 0 Å². The van der Waals surface area contributed by atoms with Crippen molar-refractivity contribution in [2.45, 2.75) is 0 Å². The largest absolute Gasteiger partial charge is 1.00 e. The Labute approximate surface area is 117 Å². The van der Waals surface area contributed by atoms with Gasteiger partial charge in [0.25, 0.3) is 0 Å². The molecule has 0 atom stereocenters. The number of carboxylic acid groups (broad SMARTS) is 2. The molecular weight excluding hydrogens is 275 g/mol. The van der Waals surface area contributed by atoms with Crippen molar-refractivity contribution < 1.29 is 110 Å². The molecule has 0 spiro atoms. The smallest absolute Gasteiger partial charge is 0.565 e. The minimum Gasteiger partial charge on any atom is -0.565 e. The monoisotopic (exact) mass is 300 g/mol. The van der Waals surface area contributed by atoms with Crippen LogP contribution in [-0.2, 0) is 0 Å². The van der Waals surface area contributed by atoms with Crippen molar-refractivity contribution in [2.75, 3.05) is 0 Å². The molecule has 0 amide bonds. The van der Waals surface area contributed by atoms with E-state index in [2.05, 4.69) is 0 Å². The summed E-state index contributed by atoms with van der Waals surface area (Å²) in [6.45, 7) is 0. The molecule has 0 saturated carbocycles. The van der Waals surface area contributed by atoms with Gasteiger partial charge >= 0.3 is 29.6 Å². The van der Waals surface area contributed by atoms with Gasteiger partial charge in [0.05, 0.1) is 0 Å². The molecule has 0 aromatic carbocycles. The molecule has 0 aliphatic rings. The molecule has 0 aliphatic heterocycles. The number of hydrogen-bond acceptors (Lipinski definition) is 2. The maximum absolute atomic E-state index is 8.44. The maximum atomic E-state index is 8.44. The van der Waals surface area contributed by atoms with Crippen LogP contribution in [0.15, 0.2) is 0 Å². The van der Waals surface area contributed by atoms with E-state index < -0.39 is 6.16 Å². The molecule has 25 N–H and O–H groups in total. The summed E-state index contributed by atoms with van der Waals surface area (Å²) in [5.74, 6) is 0. The van der Waals surface area contributed by atoms with Crippen molar-refractivity contribution >= 4 is 6.16 Å². The van der Waals surface area contributed by atoms with Gasteiger partial charge in [-0.05, 0) is 0 Å². The quantitative estimate of drug-likeness (QED) is 0.425. The Morgan fingerprint density at radius 3 is 0.588 bits per heavy atom. The van der Waals surface area contributed by atoms with E-state index in [0.29, 0.717) is 0 Å². The third-order valence-corrected chi connectivity index (χ3v) is 0. The molecular formula is CH25NaO15. The molecule has 17 heavy (non-hydrogen) atoms. The fourth-order valence-corrected chi connectivity index (χ4v) is 0. The Kier molecular flexibility index (Phi) is 14000. The zero-order valence-electron chi connectivity index (χ0n) is 8.76. The number of rotatable bonds is 0. The molecule has 16 heteroatoms. The number of hydrogen-bond donors (Lipinski definition) is 1. The first-order valence-corrected chi connectivity index (χ1v) is 0.632. The van der Waals surface area contributed by atoms with Gasteiger partial charge in [-0.1, -0.05) is 0 Å². The summed E-state index contributed by atoms with van der Waals surface area (Å²) >= 11 is 0. The molecule has 0 bridgehead atoms. The van der Waals surface area contributed by atoms with Gasteiger partial charge in [-0.25, -0.2) is 0 Å². The topological polar surface area (TPSA) is 438 Å². The number of carbonyl (C=O) groups is 1. The van der Waals surface area contributed by atoms with E-state index in [9.17, 15) is 0 Å². The molecule has 0 rings (SSSR count). The van der Waals surface area contributed by atoms with Gasteiger partial charge in [0.1, 0.15) is 0 Å². The van der Waals surface area contributed by atoms with Crippen LogP contribution in [0.1, 0.15) is 0 Å². The fourth-order valence-electron chi connectivity index (χ4n) is 0. The molecule has 120 valence electrons. The van der Waals surface area contributed by atoms with Crippen molar-refractivity contribution in [3.8, 4) is 0 Å². The third kappa shape index (κ3) is 68100. The molecule has 0 heterocycles. The molecule has 0 radical (unpaired) electrons. The summed E-state index contributed by atoms with van der Waals surface area (Å²) in [7, 11) is 0. The summed E-state index contributed by atoms with van der Waals surface area (Å²) in [5, 5.41) is 15.3. The minimum atomic E-state index is -2.08. The Morgan fingerprint density at radius 2 is 0.588 bits per heavy atom. The summed E-state index contributed by atoms with van der Waals surface area (Å²) in [6.07, 6.45) is -2.08. The summed E-state index contributed by atoms with van der Waals surface area (Å²) in [4.78, 5) is 8.44. The van der Waals surface area contributed by atoms with Crippen molar-refractivity contribution in [2.24, 2.45) is 0 Å². The van der Waals surface area contributed by atoms with E-state index in [0.717, 1.165) is 0 Å². The van der Waals surface area contributed by atoms with Gasteiger partial charge in [0.15, 0.2) is 0 Å². The van der Waals surface area contributed by atoms with Crippen molar-refractivity contribution in [3.05, 3.63) is 0 Å². The Morgan fingerprint density at radius 1 is 0.588 bits per heavy atom. The first-order chi connectivity index (χ1) is 1.73. The summed E-state index contributed by atoms with van der Waals surface area (Å²) in [5.41, 5.74) is 0. The second kappa shape index (κ2) is 444. The van der Waals surface area contributed by atoms with Crippen LogP contribution >= 0.6 is 0 Å². The van der Waals surface area contributed by atoms with Crippen LogP contribution in [0.4, 0.5) is 4.79 Å². The van der Waals surface area contributed by atoms with Gasteiger partial charge in [0.2, 0.25) is 6.16 Å². The molecule has 0 aromatic rings. The van der Waals surface area contributed by atoms with Gasteiger partial charge in [0, 0.05) is 0 Å². The second-order valence-corrected chi connectivity index (χ2v) is 0.266. The van der Waals surface area contributed by atoms with E-state index in [1.54, 1.807) is 0 Å². The predicted molar refractivity (Wildman–Crippen MR) is 51.4 cm³/mol. The zero-order chi connectivity index (χ0) is 3.58. The van der Waals surface area contributed by atoms with Crippen LogP contribution in [0, 0.1) is 0 Å². The molecule has 0 fully saturated rings. The normalized spacial score (nSPS) is 1.41. The van der Waals surface area contributed by atoms with Gasteiger partial charge in [-0.15, -0.1) is 0 Å². The van der Waals surface area contributed by atoms with E-state index in [-0.39, 0.29) is 95.3 Å². The first-order valence-electron chi connectivity index (χ1n) is 0.632. The minimum absolute atomic E-state index is 0. The fraction of sp³-hybridized carbons (Fsp3) is 0. The average Bonchev–Trinajstić information content (AvgIpc) is 0.811. The van der Waals surface area contributed by atoms with Crippen LogP contribution in [0.25, 0.3) is 0 Å². The Balaban J connectivity index is -0.000000000577. The first kappa shape index (κ1) is 538. The zero-order valence-corrected chi connectivity index (χ0v) is 10.8. The van der Waals surface area contributed by atoms with Crippen LogP contribution in [0.3, 0.4) is 0 Å². The molecule has 15 nitrogen and oxygen atoms in total. The molecule has 0 saturated heterocycles. The third-order valence-electron chi connectivity index (χ3n) is 0. The standard InChI is InChI=1S/CH2O3.Na.12H2O/c2-1(3)4;;;;;;;;;;;;;/h(H2,2,3,4);;12*1H2/q;+1;;;;;;;;;;;;/p-1. The predicted octanol–water partition coefficient (Wildman–Crippen LogP) is -14.0. The van der Waals surface area contributed by atoms with Crippen LogP contribution in [0.5, 0.6) is 0 Å². The van der Waals surface area contributed by atoms with Crippen LogP contribution in [-0.4, -0.2) is 77.0 Å². The van der Waals surface area contributed by atoms with Gasteiger partial charge < -0.3 is 80.7 Å². The van der Waals surface area contributed by atoms with Crippen molar-refractivity contribution in [3.63, 3.8) is 0 Å². The van der Waals surface area contributed by atoms with Crippen molar-refractivity contribution in [1.82, 2.24) is 0 Å². The Hall–Kier alpha value is -0.210. The summed E-state index contributed by atoms with van der Waals surface area (Å²) in [6, 6.07) is 0. The maximum Gasteiger partial charge on any atom is 1.00 e. The Bertz CT molecular complexity index is 33.9. The van der Waals surface area contributed by atoms with Crippen LogP contribution in [0.2, 0.25) is 0 Å². The SMILES string of the molecule is O.O.O.O.O.O.O.O.O.O.O.O.O=C([O-])O.[Na+]. The van der Waals surface area contributed by atoms with Gasteiger partial charge in [-0.2, -0.15) is 0 Å². The van der Waals surface area contributed by atoms with E-state index in [4.69, 9.17) is 15.0 Å². The van der Waals surface area contributed by atoms with E-state index in [1.165, 1.54) is 0 Å². The average molecular weight is 300 g/mol. The molecule has 0 aliphatic carbocycles. The second-order valence-electron chi connectivity index (χ2n) is 0.266.